The molecule has 0 saturated carbocycles. The van der Waals surface area contributed by atoms with E-state index in [1.165, 1.54) is 0 Å². The Morgan fingerprint density at radius 1 is 1.47 bits per heavy atom. The Labute approximate surface area is 95.2 Å². The zero-order chi connectivity index (χ0) is 11.1. The molecule has 1 aromatic rings. The predicted molar refractivity (Wildman–Crippen MR) is 63.2 cm³/mol. The quantitative estimate of drug-likeness (QED) is 0.836. The molecular weight excluding hydrogens is 210 g/mol. The maximum atomic E-state index is 6.21. The Balaban J connectivity index is 2.03. The monoisotopic (exact) mass is 225 g/mol. The summed E-state index contributed by atoms with van der Waals surface area (Å²) >= 11 is 5.78. The smallest absolute Gasteiger partial charge is 0.128 e. The third-order valence-electron chi connectivity index (χ3n) is 3.16. The van der Waals surface area contributed by atoms with Gasteiger partial charge in [-0.2, -0.15) is 0 Å². The van der Waals surface area contributed by atoms with Gasteiger partial charge < -0.3 is 10.6 Å². The fourth-order valence-corrected chi connectivity index (χ4v) is 1.86. The third-order valence-corrected chi connectivity index (χ3v) is 3.38. The van der Waals surface area contributed by atoms with Crippen LogP contribution in [0.4, 0.5) is 5.82 Å². The summed E-state index contributed by atoms with van der Waals surface area (Å²) in [6.07, 6.45) is 1.67. The van der Waals surface area contributed by atoms with Gasteiger partial charge in [0.15, 0.2) is 0 Å². The first-order valence-corrected chi connectivity index (χ1v) is 5.54. The standard InChI is InChI=1S/C11H16ClN3/c1-8(2)11(13)6-15(7-11)10-4-3-9(12)5-14-10/h3-5,8H,6-7,13H2,1-2H3. The molecule has 2 N–H and O–H groups in total. The molecule has 1 aliphatic heterocycles. The van der Waals surface area contributed by atoms with Crippen LogP contribution in [0.5, 0.6) is 0 Å². The highest BCUT2D eigenvalue weighted by Crippen LogP contribution is 2.29. The number of rotatable bonds is 2. The summed E-state index contributed by atoms with van der Waals surface area (Å²) in [5.41, 5.74) is 6.15. The molecule has 1 fully saturated rings. The van der Waals surface area contributed by atoms with Crippen LogP contribution in [-0.2, 0) is 0 Å². The molecule has 4 heteroatoms. The summed E-state index contributed by atoms with van der Waals surface area (Å²) in [6.45, 7) is 6.07. The Bertz CT molecular complexity index is 341. The highest BCUT2D eigenvalue weighted by Gasteiger charge is 2.42. The van der Waals surface area contributed by atoms with Crippen molar-refractivity contribution < 1.29 is 0 Å². The number of hydrogen-bond acceptors (Lipinski definition) is 3. The summed E-state index contributed by atoms with van der Waals surface area (Å²) in [7, 11) is 0. The topological polar surface area (TPSA) is 42.1 Å². The highest BCUT2D eigenvalue weighted by molar-refractivity contribution is 6.30. The minimum absolute atomic E-state index is 0.0542. The van der Waals surface area contributed by atoms with Gasteiger partial charge in [-0.15, -0.1) is 0 Å². The Hall–Kier alpha value is -0.800. The Morgan fingerprint density at radius 3 is 2.60 bits per heavy atom. The molecule has 0 bridgehead atoms. The Morgan fingerprint density at radius 2 is 2.13 bits per heavy atom. The first kappa shape index (κ1) is 10.7. The lowest BCUT2D eigenvalue weighted by atomic mass is 9.80. The molecule has 0 radical (unpaired) electrons. The van der Waals surface area contributed by atoms with Gasteiger partial charge in [0.05, 0.1) is 10.6 Å². The maximum Gasteiger partial charge on any atom is 0.128 e. The van der Waals surface area contributed by atoms with E-state index in [9.17, 15) is 0 Å². The molecule has 1 saturated heterocycles. The molecule has 2 rings (SSSR count). The molecular formula is C11H16ClN3. The second-order valence-corrected chi connectivity index (χ2v) is 5.01. The van der Waals surface area contributed by atoms with Crippen molar-refractivity contribution in [1.29, 1.82) is 0 Å². The van der Waals surface area contributed by atoms with Gasteiger partial charge in [-0.25, -0.2) is 4.98 Å². The largest absolute Gasteiger partial charge is 0.353 e. The van der Waals surface area contributed by atoms with Crippen LogP contribution in [0, 0.1) is 5.92 Å². The van der Waals surface area contributed by atoms with Gasteiger partial charge in [0.25, 0.3) is 0 Å². The highest BCUT2D eigenvalue weighted by atomic mass is 35.5. The van der Waals surface area contributed by atoms with Crippen LogP contribution in [0.15, 0.2) is 18.3 Å². The molecule has 3 nitrogen and oxygen atoms in total. The van der Waals surface area contributed by atoms with Gasteiger partial charge in [-0.05, 0) is 18.1 Å². The van der Waals surface area contributed by atoms with E-state index in [1.807, 2.05) is 12.1 Å². The lowest BCUT2D eigenvalue weighted by molar-refractivity contribution is 0.243. The van der Waals surface area contributed by atoms with E-state index in [-0.39, 0.29) is 5.54 Å². The maximum absolute atomic E-state index is 6.21. The van der Waals surface area contributed by atoms with Crippen molar-refractivity contribution in [3.63, 3.8) is 0 Å². The van der Waals surface area contributed by atoms with Gasteiger partial charge in [-0.1, -0.05) is 25.4 Å². The number of pyridine rings is 1. The summed E-state index contributed by atoms with van der Waals surface area (Å²) in [4.78, 5) is 6.44. The molecule has 0 aliphatic carbocycles. The van der Waals surface area contributed by atoms with Crippen LogP contribution in [-0.4, -0.2) is 23.6 Å². The van der Waals surface area contributed by atoms with Gasteiger partial charge in [0.2, 0.25) is 0 Å². The number of nitrogens with zero attached hydrogens (tertiary/aromatic N) is 2. The molecule has 1 aliphatic rings. The summed E-state index contributed by atoms with van der Waals surface area (Å²) < 4.78 is 0. The van der Waals surface area contributed by atoms with Crippen LogP contribution in [0.2, 0.25) is 5.02 Å². The van der Waals surface area contributed by atoms with Gasteiger partial charge in [0.1, 0.15) is 5.82 Å². The molecule has 2 heterocycles. The van der Waals surface area contributed by atoms with E-state index in [2.05, 4.69) is 23.7 Å². The zero-order valence-corrected chi connectivity index (χ0v) is 9.83. The van der Waals surface area contributed by atoms with E-state index in [4.69, 9.17) is 17.3 Å². The fourth-order valence-electron chi connectivity index (χ4n) is 1.75. The molecule has 1 aromatic heterocycles. The van der Waals surface area contributed by atoms with E-state index in [1.54, 1.807) is 6.20 Å². The second-order valence-electron chi connectivity index (χ2n) is 4.58. The van der Waals surface area contributed by atoms with Crippen LogP contribution >= 0.6 is 11.6 Å². The molecule has 0 atom stereocenters. The van der Waals surface area contributed by atoms with Crippen molar-refractivity contribution in [2.75, 3.05) is 18.0 Å². The van der Waals surface area contributed by atoms with Crippen molar-refractivity contribution in [2.24, 2.45) is 11.7 Å². The number of anilines is 1. The third kappa shape index (κ3) is 1.94. The molecule has 82 valence electrons. The van der Waals surface area contributed by atoms with Gasteiger partial charge >= 0.3 is 0 Å². The molecule has 0 unspecified atom stereocenters. The van der Waals surface area contributed by atoms with E-state index in [0.717, 1.165) is 18.9 Å². The lowest BCUT2D eigenvalue weighted by Crippen LogP contribution is -2.70. The van der Waals surface area contributed by atoms with E-state index >= 15 is 0 Å². The summed E-state index contributed by atoms with van der Waals surface area (Å²) in [6, 6.07) is 3.79. The minimum atomic E-state index is -0.0542. The second kappa shape index (κ2) is 3.65. The minimum Gasteiger partial charge on any atom is -0.353 e. The van der Waals surface area contributed by atoms with Crippen molar-refractivity contribution in [3.05, 3.63) is 23.4 Å². The SMILES string of the molecule is CC(C)C1(N)CN(c2ccc(Cl)cn2)C1. The van der Waals surface area contributed by atoms with Crippen LogP contribution in [0.3, 0.4) is 0 Å². The van der Waals surface area contributed by atoms with E-state index < -0.39 is 0 Å². The average Bonchev–Trinajstić information content (AvgIpc) is 2.14. The van der Waals surface area contributed by atoms with Crippen molar-refractivity contribution >= 4 is 17.4 Å². The average molecular weight is 226 g/mol. The zero-order valence-electron chi connectivity index (χ0n) is 9.07. The van der Waals surface area contributed by atoms with Crippen molar-refractivity contribution in [1.82, 2.24) is 4.98 Å². The predicted octanol–water partition coefficient (Wildman–Crippen LogP) is 1.91. The number of halogens is 1. The van der Waals surface area contributed by atoms with E-state index in [0.29, 0.717) is 10.9 Å². The van der Waals surface area contributed by atoms with Crippen molar-refractivity contribution in [2.45, 2.75) is 19.4 Å². The molecule has 0 amide bonds. The molecule has 15 heavy (non-hydrogen) atoms. The number of nitrogens with two attached hydrogens (primary N) is 1. The van der Waals surface area contributed by atoms with Gasteiger partial charge in [-0.3, -0.25) is 0 Å². The number of hydrogen-bond donors (Lipinski definition) is 1. The van der Waals surface area contributed by atoms with Crippen LogP contribution in [0.1, 0.15) is 13.8 Å². The summed E-state index contributed by atoms with van der Waals surface area (Å²) in [5.74, 6) is 1.46. The first-order valence-electron chi connectivity index (χ1n) is 5.17. The molecule has 0 spiro atoms. The lowest BCUT2D eigenvalue weighted by Gasteiger charge is -2.51. The first-order chi connectivity index (χ1) is 7.01. The van der Waals surface area contributed by atoms with Gasteiger partial charge in [0, 0.05) is 19.3 Å². The normalized spacial score (nSPS) is 19.1. The Kier molecular flexibility index (Phi) is 2.61. The number of aromatic nitrogens is 1. The fraction of sp³-hybridized carbons (Fsp3) is 0.545. The van der Waals surface area contributed by atoms with Crippen LogP contribution in [0.25, 0.3) is 0 Å². The van der Waals surface area contributed by atoms with Crippen LogP contribution < -0.4 is 10.6 Å². The summed E-state index contributed by atoms with van der Waals surface area (Å²) in [5, 5.41) is 0.669. The molecule has 0 aromatic carbocycles. The van der Waals surface area contributed by atoms with Crippen molar-refractivity contribution in [3.8, 4) is 0 Å².